The maximum Gasteiger partial charge on any atom is 0.239 e. The van der Waals surface area contributed by atoms with Gasteiger partial charge in [0.1, 0.15) is 5.78 Å². The number of carbonyl (C=O) groups is 3. The number of hydrogen-bond donors (Lipinski definition) is 1. The molecular weight excluding hydrogens is 354 g/mol. The van der Waals surface area contributed by atoms with Crippen molar-refractivity contribution in [1.29, 1.82) is 0 Å². The van der Waals surface area contributed by atoms with Crippen LogP contribution < -0.4 is 5.32 Å². The number of ether oxygens (including phenoxy) is 2. The summed E-state index contributed by atoms with van der Waals surface area (Å²) in [5, 5.41) is 6.02. The molecular formula is C17H31N5O5. The molecule has 0 radical (unpaired) electrons. The highest BCUT2D eigenvalue weighted by molar-refractivity contribution is 5.84. The molecule has 10 nitrogen and oxygen atoms in total. The second-order valence-electron chi connectivity index (χ2n) is 5.88. The molecule has 0 rings (SSSR count). The molecule has 10 heteroatoms. The number of ketones is 1. The van der Waals surface area contributed by atoms with E-state index >= 15 is 0 Å². The average molecular weight is 385 g/mol. The zero-order chi connectivity index (χ0) is 20.3. The van der Waals surface area contributed by atoms with Crippen LogP contribution in [-0.4, -0.2) is 75.6 Å². The molecule has 27 heavy (non-hydrogen) atoms. The average Bonchev–Trinajstić information content (AvgIpc) is 2.65. The predicted molar refractivity (Wildman–Crippen MR) is 100 cm³/mol. The first-order valence-corrected chi connectivity index (χ1v) is 9.20. The number of nitrogens with one attached hydrogen (secondary N) is 1. The van der Waals surface area contributed by atoms with Crippen LogP contribution in [0.5, 0.6) is 0 Å². The van der Waals surface area contributed by atoms with E-state index in [9.17, 15) is 14.4 Å². The molecule has 0 aliphatic carbocycles. The third-order valence-electron chi connectivity index (χ3n) is 3.60. The SMILES string of the molecule is CCC(=O)CCCOCCOCCC(=O)N(C)CC(=O)NCCCN=[N+]=[N-]. The van der Waals surface area contributed by atoms with Crippen molar-refractivity contribution in [3.63, 3.8) is 0 Å². The fourth-order valence-corrected chi connectivity index (χ4v) is 2.00. The van der Waals surface area contributed by atoms with E-state index in [4.69, 9.17) is 15.0 Å². The van der Waals surface area contributed by atoms with Crippen molar-refractivity contribution >= 4 is 17.6 Å². The van der Waals surface area contributed by atoms with Crippen LogP contribution in [0, 0.1) is 0 Å². The van der Waals surface area contributed by atoms with Crippen molar-refractivity contribution in [3.8, 4) is 0 Å². The van der Waals surface area contributed by atoms with E-state index in [1.165, 1.54) is 4.90 Å². The fourth-order valence-electron chi connectivity index (χ4n) is 2.00. The standard InChI is InChI=1S/C17H31N5O5/c1-3-15(23)6-4-10-26-12-13-27-11-7-17(25)22(2)14-16(24)19-8-5-9-20-21-18/h3-14H2,1-2H3,(H,19,24). The summed E-state index contributed by atoms with van der Waals surface area (Å²) in [5.41, 5.74) is 8.13. The van der Waals surface area contributed by atoms with Crippen LogP contribution in [0.1, 0.15) is 39.0 Å². The Labute approximate surface area is 160 Å². The Kier molecular flexibility index (Phi) is 15.9. The smallest absolute Gasteiger partial charge is 0.239 e. The Morgan fingerprint density at radius 2 is 1.78 bits per heavy atom. The van der Waals surface area contributed by atoms with Crippen LogP contribution in [-0.2, 0) is 23.9 Å². The van der Waals surface area contributed by atoms with Crippen LogP contribution in [0.15, 0.2) is 5.11 Å². The normalized spacial score (nSPS) is 10.1. The zero-order valence-electron chi connectivity index (χ0n) is 16.3. The quantitative estimate of drug-likeness (QED) is 0.175. The molecule has 0 bridgehead atoms. The number of azide groups is 1. The Morgan fingerprint density at radius 1 is 1.07 bits per heavy atom. The molecule has 2 amide bonds. The minimum Gasteiger partial charge on any atom is -0.379 e. The number of likely N-dealkylation sites (N-methyl/N-ethyl adjacent to an activating group) is 1. The summed E-state index contributed by atoms with van der Waals surface area (Å²) >= 11 is 0. The molecule has 0 saturated heterocycles. The van der Waals surface area contributed by atoms with Gasteiger partial charge in [0.05, 0.1) is 32.8 Å². The second kappa shape index (κ2) is 17.3. The Morgan fingerprint density at radius 3 is 2.44 bits per heavy atom. The van der Waals surface area contributed by atoms with Gasteiger partial charge < -0.3 is 19.7 Å². The third-order valence-corrected chi connectivity index (χ3v) is 3.60. The van der Waals surface area contributed by atoms with Crippen molar-refractivity contribution in [2.75, 3.05) is 53.1 Å². The highest BCUT2D eigenvalue weighted by Gasteiger charge is 2.12. The Bertz CT molecular complexity index is 494. The number of rotatable bonds is 17. The van der Waals surface area contributed by atoms with E-state index in [-0.39, 0.29) is 37.2 Å². The number of amides is 2. The molecule has 0 atom stereocenters. The predicted octanol–water partition coefficient (Wildman–Crippen LogP) is 1.44. The van der Waals surface area contributed by atoms with Crippen molar-refractivity contribution in [2.45, 2.75) is 39.0 Å². The van der Waals surface area contributed by atoms with Crippen LogP contribution >= 0.6 is 0 Å². The van der Waals surface area contributed by atoms with E-state index in [0.717, 1.165) is 0 Å². The fraction of sp³-hybridized carbons (Fsp3) is 0.824. The summed E-state index contributed by atoms with van der Waals surface area (Å²) in [6.45, 7) is 4.12. The van der Waals surface area contributed by atoms with Crippen LogP contribution in [0.3, 0.4) is 0 Å². The van der Waals surface area contributed by atoms with Gasteiger partial charge in [-0.1, -0.05) is 12.0 Å². The second-order valence-corrected chi connectivity index (χ2v) is 5.88. The van der Waals surface area contributed by atoms with Crippen molar-refractivity contribution in [1.82, 2.24) is 10.2 Å². The first-order chi connectivity index (χ1) is 13.0. The number of Topliss-reactive ketones (excluding diaryl/α,β-unsaturated/α-hetero) is 1. The van der Waals surface area contributed by atoms with Gasteiger partial charge in [0.25, 0.3) is 0 Å². The largest absolute Gasteiger partial charge is 0.379 e. The number of carbonyl (C=O) groups excluding carboxylic acids is 3. The third kappa shape index (κ3) is 15.8. The lowest BCUT2D eigenvalue weighted by molar-refractivity contribution is -0.135. The van der Waals surface area contributed by atoms with Crippen molar-refractivity contribution < 1.29 is 23.9 Å². The van der Waals surface area contributed by atoms with Crippen molar-refractivity contribution in [3.05, 3.63) is 10.4 Å². The topological polar surface area (TPSA) is 134 Å². The summed E-state index contributed by atoms with van der Waals surface area (Å²) in [5.74, 6) is -0.208. The summed E-state index contributed by atoms with van der Waals surface area (Å²) < 4.78 is 10.7. The monoisotopic (exact) mass is 385 g/mol. The lowest BCUT2D eigenvalue weighted by Crippen LogP contribution is -2.39. The maximum absolute atomic E-state index is 11.9. The van der Waals surface area contributed by atoms with E-state index in [0.29, 0.717) is 58.6 Å². The minimum atomic E-state index is -0.261. The molecule has 0 aromatic carbocycles. The first-order valence-electron chi connectivity index (χ1n) is 9.20. The van der Waals surface area contributed by atoms with Crippen LogP contribution in [0.4, 0.5) is 0 Å². The number of nitrogens with zero attached hydrogens (tertiary/aromatic N) is 4. The van der Waals surface area contributed by atoms with Gasteiger partial charge >= 0.3 is 0 Å². The van der Waals surface area contributed by atoms with Crippen LogP contribution in [0.2, 0.25) is 0 Å². The summed E-state index contributed by atoms with van der Waals surface area (Å²) in [6, 6.07) is 0. The molecule has 0 aliphatic heterocycles. The lowest BCUT2D eigenvalue weighted by atomic mass is 10.2. The summed E-state index contributed by atoms with van der Waals surface area (Å²) in [6.07, 6.45) is 2.55. The Hall–Kier alpha value is -2.16. The summed E-state index contributed by atoms with van der Waals surface area (Å²) in [4.78, 5) is 38.7. The molecule has 0 aliphatic rings. The highest BCUT2D eigenvalue weighted by atomic mass is 16.5. The van der Waals surface area contributed by atoms with Gasteiger partial charge in [-0.05, 0) is 18.4 Å². The molecule has 0 aromatic rings. The van der Waals surface area contributed by atoms with E-state index in [2.05, 4.69) is 15.3 Å². The first kappa shape index (κ1) is 24.8. The molecule has 154 valence electrons. The molecule has 0 aromatic heterocycles. The molecule has 0 saturated carbocycles. The van der Waals surface area contributed by atoms with Crippen LogP contribution in [0.25, 0.3) is 10.4 Å². The minimum absolute atomic E-state index is 0.0278. The van der Waals surface area contributed by atoms with Gasteiger partial charge in [0.2, 0.25) is 11.8 Å². The van der Waals surface area contributed by atoms with Crippen molar-refractivity contribution in [2.24, 2.45) is 5.11 Å². The molecule has 1 N–H and O–H groups in total. The molecule has 0 spiro atoms. The number of hydrogen-bond acceptors (Lipinski definition) is 6. The van der Waals surface area contributed by atoms with Gasteiger partial charge in [0, 0.05) is 44.5 Å². The zero-order valence-corrected chi connectivity index (χ0v) is 16.3. The van der Waals surface area contributed by atoms with E-state index < -0.39 is 0 Å². The molecule has 0 fully saturated rings. The van der Waals surface area contributed by atoms with E-state index in [1.807, 2.05) is 6.92 Å². The Balaban J connectivity index is 3.58. The summed E-state index contributed by atoms with van der Waals surface area (Å²) in [7, 11) is 1.56. The van der Waals surface area contributed by atoms with Gasteiger partial charge in [-0.3, -0.25) is 14.4 Å². The molecule has 0 heterocycles. The van der Waals surface area contributed by atoms with Gasteiger partial charge in [-0.2, -0.15) is 0 Å². The molecule has 0 unspecified atom stereocenters. The maximum atomic E-state index is 11.9. The van der Waals surface area contributed by atoms with Gasteiger partial charge in [0.15, 0.2) is 0 Å². The van der Waals surface area contributed by atoms with Gasteiger partial charge in [-0.25, -0.2) is 0 Å². The lowest BCUT2D eigenvalue weighted by Gasteiger charge is -2.16. The van der Waals surface area contributed by atoms with Gasteiger partial charge in [-0.15, -0.1) is 0 Å². The highest BCUT2D eigenvalue weighted by Crippen LogP contribution is 1.96. The van der Waals surface area contributed by atoms with E-state index in [1.54, 1.807) is 7.05 Å².